The van der Waals surface area contributed by atoms with Gasteiger partial charge in [0.05, 0.1) is 10.9 Å². The lowest BCUT2D eigenvalue weighted by molar-refractivity contribution is -0.217. The van der Waals surface area contributed by atoms with Gasteiger partial charge in [0.1, 0.15) is 22.4 Å². The molecule has 7 unspecified atom stereocenters. The highest BCUT2D eigenvalue weighted by atomic mass is 127. The number of ether oxygens (including phenoxy) is 1. The van der Waals surface area contributed by atoms with Crippen LogP contribution in [0.1, 0.15) is 0 Å². The summed E-state index contributed by atoms with van der Waals surface area (Å²) in [6.45, 7) is 0. The summed E-state index contributed by atoms with van der Waals surface area (Å²) < 4.78 is 3.73. The number of amides is 1. The van der Waals surface area contributed by atoms with Gasteiger partial charge in [-0.15, -0.1) is 0 Å². The van der Waals surface area contributed by atoms with Crippen LogP contribution in [0.4, 0.5) is 4.79 Å². The van der Waals surface area contributed by atoms with Crippen molar-refractivity contribution in [3.8, 4) is 0 Å². The largest absolute Gasteiger partial charge is 0.435 e. The highest BCUT2D eigenvalue weighted by Crippen LogP contribution is 2.44. The summed E-state index contributed by atoms with van der Waals surface area (Å²) >= 11 is 4.77. The molecular formula is C8H11BrINO6. The third kappa shape index (κ3) is 1.78. The lowest BCUT2D eigenvalue weighted by Crippen LogP contribution is -2.79. The monoisotopic (exact) mass is 423 g/mol. The molecule has 7 nitrogen and oxygen atoms in total. The fourth-order valence-electron chi connectivity index (χ4n) is 2.21. The number of carbonyl (C=O) groups excluding carboxylic acids is 1. The SMILES string of the molecule is O=C1NC2C(O)C(O)C(O)C(C(O)I)(O1)C2Br. The zero-order chi connectivity index (χ0) is 13.0. The molecule has 1 aliphatic carbocycles. The second-order valence-electron chi connectivity index (χ2n) is 4.08. The molecule has 2 fully saturated rings. The Bertz CT molecular complexity index is 338. The van der Waals surface area contributed by atoms with E-state index < -0.39 is 45.0 Å². The predicted octanol–water partition coefficient (Wildman–Crippen LogP) is -1.55. The molecule has 9 heteroatoms. The van der Waals surface area contributed by atoms with Crippen LogP contribution in [0.15, 0.2) is 0 Å². The van der Waals surface area contributed by atoms with Gasteiger partial charge >= 0.3 is 6.09 Å². The van der Waals surface area contributed by atoms with Crippen LogP contribution >= 0.6 is 38.5 Å². The van der Waals surface area contributed by atoms with Gasteiger partial charge in [0.25, 0.3) is 0 Å². The Hall–Kier alpha value is 0.320. The van der Waals surface area contributed by atoms with Crippen LogP contribution in [0.2, 0.25) is 0 Å². The van der Waals surface area contributed by atoms with Gasteiger partial charge in [0.15, 0.2) is 5.60 Å². The molecule has 2 rings (SSSR count). The van der Waals surface area contributed by atoms with Crippen molar-refractivity contribution in [1.29, 1.82) is 0 Å². The van der Waals surface area contributed by atoms with Crippen molar-refractivity contribution in [2.75, 3.05) is 0 Å². The molecule has 17 heavy (non-hydrogen) atoms. The van der Waals surface area contributed by atoms with Gasteiger partial charge in [-0.05, 0) is 22.6 Å². The van der Waals surface area contributed by atoms with Crippen molar-refractivity contribution in [2.45, 2.75) is 38.9 Å². The van der Waals surface area contributed by atoms with E-state index in [-0.39, 0.29) is 0 Å². The summed E-state index contributed by atoms with van der Waals surface area (Å²) in [4.78, 5) is 10.6. The zero-order valence-electron chi connectivity index (χ0n) is 8.33. The first kappa shape index (κ1) is 13.7. The Morgan fingerprint density at radius 2 is 2.00 bits per heavy atom. The number of aliphatic hydroxyl groups excluding tert-OH is 4. The fourth-order valence-corrected chi connectivity index (χ4v) is 4.64. The van der Waals surface area contributed by atoms with E-state index in [0.29, 0.717) is 0 Å². The van der Waals surface area contributed by atoms with E-state index >= 15 is 0 Å². The zero-order valence-corrected chi connectivity index (χ0v) is 12.1. The molecule has 0 aromatic heterocycles. The number of alkyl halides is 2. The lowest BCUT2D eigenvalue weighted by Gasteiger charge is -2.54. The first-order valence-corrected chi connectivity index (χ1v) is 6.98. The summed E-state index contributed by atoms with van der Waals surface area (Å²) in [5, 5.41) is 41.5. The van der Waals surface area contributed by atoms with E-state index in [1.54, 1.807) is 22.6 Å². The Morgan fingerprint density at radius 1 is 1.41 bits per heavy atom. The third-order valence-electron chi connectivity index (χ3n) is 3.18. The molecule has 2 aliphatic rings. The van der Waals surface area contributed by atoms with Crippen molar-refractivity contribution in [3.05, 3.63) is 0 Å². The van der Waals surface area contributed by atoms with Crippen LogP contribution in [-0.4, -0.2) is 65.4 Å². The van der Waals surface area contributed by atoms with Gasteiger partial charge in [-0.3, -0.25) is 0 Å². The molecule has 0 radical (unpaired) electrons. The molecule has 1 saturated heterocycles. The number of hydrogen-bond donors (Lipinski definition) is 5. The summed E-state index contributed by atoms with van der Waals surface area (Å²) in [5.74, 6) is 0. The molecule has 1 heterocycles. The van der Waals surface area contributed by atoms with E-state index in [9.17, 15) is 25.2 Å². The molecular weight excluding hydrogens is 413 g/mol. The maximum Gasteiger partial charge on any atom is 0.408 e. The van der Waals surface area contributed by atoms with E-state index in [1.807, 2.05) is 0 Å². The molecule has 2 bridgehead atoms. The third-order valence-corrected chi connectivity index (χ3v) is 5.43. The van der Waals surface area contributed by atoms with E-state index in [2.05, 4.69) is 21.2 Å². The maximum atomic E-state index is 11.4. The number of carbonyl (C=O) groups is 1. The number of fused-ring (bicyclic) bond motifs is 2. The van der Waals surface area contributed by atoms with Crippen LogP contribution < -0.4 is 5.32 Å². The standard InChI is InChI=1S/C8H11BrINO6/c9-4-1-2(12)3(13)5(14)8(4,6(10)15)17-7(16)11-1/h1-6,12-15H,(H,11,16). The minimum Gasteiger partial charge on any atom is -0.435 e. The van der Waals surface area contributed by atoms with E-state index in [0.717, 1.165) is 0 Å². The second-order valence-corrected chi connectivity index (χ2v) is 6.24. The smallest absolute Gasteiger partial charge is 0.408 e. The molecule has 7 atom stereocenters. The molecule has 0 aromatic carbocycles. The second kappa shape index (κ2) is 4.46. The maximum absolute atomic E-state index is 11.4. The van der Waals surface area contributed by atoms with E-state index in [1.165, 1.54) is 0 Å². The van der Waals surface area contributed by atoms with Gasteiger partial charge in [-0.2, -0.15) is 0 Å². The Kier molecular flexibility index (Phi) is 3.60. The average molecular weight is 424 g/mol. The predicted molar refractivity (Wildman–Crippen MR) is 66.9 cm³/mol. The van der Waals surface area contributed by atoms with Crippen LogP contribution in [-0.2, 0) is 4.74 Å². The first-order chi connectivity index (χ1) is 7.82. The Morgan fingerprint density at radius 3 is 2.53 bits per heavy atom. The minimum atomic E-state index is -1.69. The Labute approximate surface area is 118 Å². The topological polar surface area (TPSA) is 119 Å². The van der Waals surface area contributed by atoms with E-state index in [4.69, 9.17) is 4.74 Å². The van der Waals surface area contributed by atoms with Gasteiger partial charge in [0.2, 0.25) is 0 Å². The molecule has 0 aromatic rings. The van der Waals surface area contributed by atoms with Crippen LogP contribution in [0, 0.1) is 0 Å². The number of halogens is 2. The quantitative estimate of drug-likeness (QED) is 0.257. The van der Waals surface area contributed by atoms with Crippen molar-refractivity contribution in [1.82, 2.24) is 5.32 Å². The summed E-state index contributed by atoms with van der Waals surface area (Å²) in [6.07, 6.45) is -5.30. The highest BCUT2D eigenvalue weighted by Gasteiger charge is 2.66. The molecule has 0 spiro atoms. The van der Waals surface area contributed by atoms with Crippen molar-refractivity contribution in [3.63, 3.8) is 0 Å². The fraction of sp³-hybridized carbons (Fsp3) is 0.875. The van der Waals surface area contributed by atoms with Gasteiger partial charge in [-0.25, -0.2) is 4.79 Å². The average Bonchev–Trinajstić information content (AvgIpc) is 2.26. The molecule has 1 saturated carbocycles. The number of nitrogens with one attached hydrogen (secondary N) is 1. The highest BCUT2D eigenvalue weighted by molar-refractivity contribution is 14.1. The number of alkyl carbamates (subject to hydrolysis) is 1. The van der Waals surface area contributed by atoms with Crippen LogP contribution in [0.25, 0.3) is 0 Å². The van der Waals surface area contributed by atoms with Crippen molar-refractivity contribution >= 4 is 44.6 Å². The molecule has 1 amide bonds. The Balaban J connectivity index is 2.47. The normalized spacial score (nSPS) is 51.4. The number of rotatable bonds is 1. The summed E-state index contributed by atoms with van der Waals surface area (Å²) in [5.41, 5.74) is -1.69. The summed E-state index contributed by atoms with van der Waals surface area (Å²) in [6, 6.07) is -0.848. The summed E-state index contributed by atoms with van der Waals surface area (Å²) in [7, 11) is 0. The minimum absolute atomic E-state index is 0.729. The van der Waals surface area contributed by atoms with Gasteiger partial charge in [0, 0.05) is 0 Å². The first-order valence-electron chi connectivity index (χ1n) is 4.82. The molecule has 5 N–H and O–H groups in total. The molecule has 1 aliphatic heterocycles. The number of hydrogen-bond acceptors (Lipinski definition) is 6. The van der Waals surface area contributed by atoms with Crippen LogP contribution in [0.3, 0.4) is 0 Å². The molecule has 98 valence electrons. The van der Waals surface area contributed by atoms with Gasteiger partial charge < -0.3 is 30.5 Å². The van der Waals surface area contributed by atoms with Crippen LogP contribution in [0.5, 0.6) is 0 Å². The number of aliphatic hydroxyl groups is 4. The van der Waals surface area contributed by atoms with Gasteiger partial charge in [-0.1, -0.05) is 15.9 Å². The van der Waals surface area contributed by atoms with Crippen molar-refractivity contribution < 1.29 is 30.0 Å². The van der Waals surface area contributed by atoms with Crippen molar-refractivity contribution in [2.24, 2.45) is 0 Å². The lowest BCUT2D eigenvalue weighted by atomic mass is 9.75.